The molecule has 0 aliphatic heterocycles. The molecule has 1 rings (SSSR count). The van der Waals surface area contributed by atoms with Crippen LogP contribution >= 0.6 is 27.5 Å². The van der Waals surface area contributed by atoms with Crippen LogP contribution in [0.5, 0.6) is 0 Å². The van der Waals surface area contributed by atoms with E-state index in [0.29, 0.717) is 5.56 Å². The molecule has 3 N–H and O–H groups in total. The van der Waals surface area contributed by atoms with Gasteiger partial charge >= 0.3 is 0 Å². The number of hydrogen-bond donors (Lipinski definition) is 2. The van der Waals surface area contributed by atoms with Gasteiger partial charge in [-0.25, -0.2) is 4.98 Å². The lowest BCUT2D eigenvalue weighted by molar-refractivity contribution is 1.28. The molecule has 0 saturated carbocycles. The van der Waals surface area contributed by atoms with Crippen molar-refractivity contribution < 1.29 is 0 Å². The lowest BCUT2D eigenvalue weighted by atomic mass is 10.3. The quantitative estimate of drug-likeness (QED) is 0.442. The molecule has 0 aliphatic rings. The van der Waals surface area contributed by atoms with Gasteiger partial charge in [0.1, 0.15) is 11.0 Å². The van der Waals surface area contributed by atoms with E-state index in [1.807, 2.05) is 0 Å². The largest absolute Gasteiger partial charge is 0.384 e. The van der Waals surface area contributed by atoms with Crippen LogP contribution in [0.4, 0.5) is 0 Å². The number of nitrogen functional groups attached to an aromatic ring is 1. The van der Waals surface area contributed by atoms with Crippen LogP contribution < -0.4 is 5.73 Å². The number of nitrogens with two attached hydrogens (primary N) is 1. The lowest BCUT2D eigenvalue weighted by Crippen LogP contribution is -2.12. The normalized spacial score (nSPS) is 9.64. The van der Waals surface area contributed by atoms with Crippen LogP contribution in [0, 0.1) is 5.41 Å². The number of rotatable bonds is 1. The van der Waals surface area contributed by atoms with Crippen molar-refractivity contribution in [3.05, 3.63) is 27.5 Å². The molecule has 0 saturated heterocycles. The number of aromatic nitrogens is 1. The van der Waals surface area contributed by atoms with Crippen molar-refractivity contribution in [3.63, 3.8) is 0 Å². The van der Waals surface area contributed by atoms with E-state index in [1.54, 1.807) is 12.3 Å². The summed E-state index contributed by atoms with van der Waals surface area (Å²) in [6, 6.07) is 1.65. The average molecular weight is 234 g/mol. The van der Waals surface area contributed by atoms with Gasteiger partial charge in [0, 0.05) is 10.7 Å². The summed E-state index contributed by atoms with van der Waals surface area (Å²) in [5.41, 5.74) is 5.67. The summed E-state index contributed by atoms with van der Waals surface area (Å²) in [7, 11) is 0. The van der Waals surface area contributed by atoms with Crippen LogP contribution in [0.2, 0.25) is 5.15 Å². The number of nitrogens with zero attached hydrogens (tertiary/aromatic N) is 1. The summed E-state index contributed by atoms with van der Waals surface area (Å²) >= 11 is 8.83. The van der Waals surface area contributed by atoms with E-state index in [0.717, 1.165) is 4.47 Å². The second kappa shape index (κ2) is 3.19. The molecule has 58 valence electrons. The van der Waals surface area contributed by atoms with Crippen molar-refractivity contribution in [1.29, 1.82) is 5.41 Å². The Balaban J connectivity index is 3.23. The van der Waals surface area contributed by atoms with Gasteiger partial charge in [0.15, 0.2) is 0 Å². The third-order valence-corrected chi connectivity index (χ3v) is 1.83. The van der Waals surface area contributed by atoms with Crippen molar-refractivity contribution in [3.8, 4) is 0 Å². The molecule has 0 fully saturated rings. The molecule has 3 nitrogen and oxygen atoms in total. The van der Waals surface area contributed by atoms with Gasteiger partial charge < -0.3 is 5.73 Å². The van der Waals surface area contributed by atoms with E-state index in [9.17, 15) is 0 Å². The maximum absolute atomic E-state index is 7.11. The Kier molecular flexibility index (Phi) is 2.46. The fraction of sp³-hybridized carbons (Fsp3) is 0. The predicted molar refractivity (Wildman–Crippen MR) is 48.0 cm³/mol. The number of pyridine rings is 1. The smallest absolute Gasteiger partial charge is 0.139 e. The summed E-state index contributed by atoms with van der Waals surface area (Å²) in [5.74, 6) is -0.0798. The van der Waals surface area contributed by atoms with Gasteiger partial charge in [0.25, 0.3) is 0 Å². The van der Waals surface area contributed by atoms with E-state index in [4.69, 9.17) is 22.7 Å². The highest BCUT2D eigenvalue weighted by molar-refractivity contribution is 9.10. The van der Waals surface area contributed by atoms with Crippen molar-refractivity contribution in [1.82, 2.24) is 4.98 Å². The molecule has 1 aromatic rings. The number of halogens is 2. The van der Waals surface area contributed by atoms with Crippen molar-refractivity contribution >= 4 is 33.4 Å². The summed E-state index contributed by atoms with van der Waals surface area (Å²) in [4.78, 5) is 3.80. The minimum atomic E-state index is -0.0798. The maximum atomic E-state index is 7.11. The van der Waals surface area contributed by atoms with Gasteiger partial charge in [-0.15, -0.1) is 0 Å². The minimum Gasteiger partial charge on any atom is -0.384 e. The van der Waals surface area contributed by atoms with Gasteiger partial charge in [-0.1, -0.05) is 11.6 Å². The van der Waals surface area contributed by atoms with E-state index < -0.39 is 0 Å². The standard InChI is InChI=1S/C6H5BrClN3/c7-3-1-4(6(9)10)5(8)11-2-3/h1-2H,(H3,9,10). The monoisotopic (exact) mass is 233 g/mol. The second-order valence-electron chi connectivity index (χ2n) is 1.91. The molecule has 1 aromatic heterocycles. The molecule has 0 bridgehead atoms. The minimum absolute atomic E-state index is 0.0798. The van der Waals surface area contributed by atoms with E-state index in [2.05, 4.69) is 20.9 Å². The lowest BCUT2D eigenvalue weighted by Gasteiger charge is -1.99. The molecule has 0 aliphatic carbocycles. The molecule has 0 amide bonds. The van der Waals surface area contributed by atoms with Crippen molar-refractivity contribution in [2.45, 2.75) is 0 Å². The third-order valence-electron chi connectivity index (χ3n) is 1.10. The number of amidine groups is 1. The molecular weight excluding hydrogens is 229 g/mol. The maximum Gasteiger partial charge on any atom is 0.139 e. The molecule has 5 heteroatoms. The molecule has 0 aromatic carbocycles. The zero-order valence-corrected chi connectivity index (χ0v) is 7.78. The summed E-state index contributed by atoms with van der Waals surface area (Å²) in [6.45, 7) is 0. The fourth-order valence-corrected chi connectivity index (χ4v) is 1.15. The Morgan fingerprint density at radius 2 is 2.36 bits per heavy atom. The van der Waals surface area contributed by atoms with Crippen LogP contribution in [0.15, 0.2) is 16.7 Å². The van der Waals surface area contributed by atoms with E-state index in [1.165, 1.54) is 0 Å². The first-order chi connectivity index (χ1) is 5.11. The Morgan fingerprint density at radius 1 is 1.73 bits per heavy atom. The Labute approximate surface area is 77.2 Å². The summed E-state index contributed by atoms with van der Waals surface area (Å²) in [6.07, 6.45) is 1.55. The van der Waals surface area contributed by atoms with Gasteiger partial charge in [0.05, 0.1) is 5.56 Å². The zero-order valence-electron chi connectivity index (χ0n) is 5.44. The predicted octanol–water partition coefficient (Wildman–Crippen LogP) is 1.78. The zero-order chi connectivity index (χ0) is 8.43. The molecule has 0 spiro atoms. The highest BCUT2D eigenvalue weighted by Gasteiger charge is 2.03. The van der Waals surface area contributed by atoms with E-state index >= 15 is 0 Å². The Morgan fingerprint density at radius 3 is 2.82 bits per heavy atom. The van der Waals surface area contributed by atoms with Crippen LogP contribution in [0.3, 0.4) is 0 Å². The number of nitrogens with one attached hydrogen (secondary N) is 1. The van der Waals surface area contributed by atoms with Crippen LogP contribution in [-0.2, 0) is 0 Å². The first-order valence-electron chi connectivity index (χ1n) is 2.76. The first-order valence-corrected chi connectivity index (χ1v) is 3.94. The SMILES string of the molecule is N=C(N)c1cc(Br)cnc1Cl. The topological polar surface area (TPSA) is 62.8 Å². The van der Waals surface area contributed by atoms with Gasteiger partial charge in [-0.2, -0.15) is 0 Å². The third kappa shape index (κ3) is 1.91. The van der Waals surface area contributed by atoms with Gasteiger partial charge in [-0.05, 0) is 22.0 Å². The highest BCUT2D eigenvalue weighted by atomic mass is 79.9. The number of hydrogen-bond acceptors (Lipinski definition) is 2. The Hall–Kier alpha value is -0.610. The molecule has 11 heavy (non-hydrogen) atoms. The molecule has 0 atom stereocenters. The average Bonchev–Trinajstić information content (AvgIpc) is 1.94. The van der Waals surface area contributed by atoms with Crippen molar-refractivity contribution in [2.75, 3.05) is 0 Å². The molecule has 0 radical (unpaired) electrons. The van der Waals surface area contributed by atoms with Crippen LogP contribution in [0.25, 0.3) is 0 Å². The molecular formula is C6H5BrClN3. The van der Waals surface area contributed by atoms with Gasteiger partial charge in [0.2, 0.25) is 0 Å². The van der Waals surface area contributed by atoms with Gasteiger partial charge in [-0.3, -0.25) is 5.41 Å². The molecule has 1 heterocycles. The van der Waals surface area contributed by atoms with Crippen LogP contribution in [0.1, 0.15) is 5.56 Å². The Bertz CT molecular complexity index is 300. The summed E-state index contributed by atoms with van der Waals surface area (Å²) in [5, 5.41) is 7.36. The van der Waals surface area contributed by atoms with Crippen molar-refractivity contribution in [2.24, 2.45) is 5.73 Å². The summed E-state index contributed by atoms with van der Waals surface area (Å²) < 4.78 is 0.757. The molecule has 0 unspecified atom stereocenters. The van der Waals surface area contributed by atoms with E-state index in [-0.39, 0.29) is 11.0 Å². The van der Waals surface area contributed by atoms with Crippen LogP contribution in [-0.4, -0.2) is 10.8 Å². The first kappa shape index (κ1) is 8.49. The second-order valence-corrected chi connectivity index (χ2v) is 3.18. The fourth-order valence-electron chi connectivity index (χ4n) is 0.611. The highest BCUT2D eigenvalue weighted by Crippen LogP contribution is 2.16.